The van der Waals surface area contributed by atoms with E-state index in [4.69, 9.17) is 4.98 Å². The molecule has 114 valence electrons. The summed E-state index contributed by atoms with van der Waals surface area (Å²) in [4.78, 5) is 10.3. The molecule has 0 spiro atoms. The van der Waals surface area contributed by atoms with Crippen molar-refractivity contribution in [1.29, 1.82) is 0 Å². The summed E-state index contributed by atoms with van der Waals surface area (Å²) in [6.07, 6.45) is 7.91. The third-order valence-corrected chi connectivity index (χ3v) is 4.84. The number of benzene rings is 1. The molecule has 0 atom stereocenters. The van der Waals surface area contributed by atoms with Crippen LogP contribution < -0.4 is 0 Å². The minimum absolute atomic E-state index is 0.879. The second-order valence-electron chi connectivity index (χ2n) is 5.37. The Kier molecular flexibility index (Phi) is 3.75. The zero-order valence-electron chi connectivity index (χ0n) is 12.9. The molecule has 23 heavy (non-hydrogen) atoms. The summed E-state index contributed by atoms with van der Waals surface area (Å²) in [6.45, 7) is 3.05. The fourth-order valence-electron chi connectivity index (χ4n) is 2.93. The Hall–Kier alpha value is -2.33. The Balaban J connectivity index is 1.84. The number of pyridine rings is 1. The van der Waals surface area contributed by atoms with E-state index in [9.17, 15) is 0 Å². The number of allylic oxidation sites excluding steroid dienone is 1. The molecule has 4 heteroatoms. The van der Waals surface area contributed by atoms with Gasteiger partial charge in [0, 0.05) is 35.0 Å². The number of thioether (sulfide) groups is 1. The third kappa shape index (κ3) is 2.59. The van der Waals surface area contributed by atoms with Crippen LogP contribution in [-0.4, -0.2) is 20.3 Å². The molecular formula is C19H17N3S. The first-order valence-electron chi connectivity index (χ1n) is 7.77. The minimum Gasteiger partial charge on any atom is -0.320 e. The second-order valence-corrected chi connectivity index (χ2v) is 6.71. The Morgan fingerprint density at radius 3 is 2.57 bits per heavy atom. The number of imidazole rings is 1. The van der Waals surface area contributed by atoms with Gasteiger partial charge in [0.05, 0.1) is 11.4 Å². The maximum absolute atomic E-state index is 4.86. The van der Waals surface area contributed by atoms with Crippen LogP contribution in [0.4, 0.5) is 0 Å². The zero-order chi connectivity index (χ0) is 15.6. The van der Waals surface area contributed by atoms with Gasteiger partial charge in [-0.05, 0) is 36.1 Å². The van der Waals surface area contributed by atoms with E-state index < -0.39 is 0 Å². The number of aromatic nitrogens is 3. The molecule has 0 saturated heterocycles. The first-order valence-corrected chi connectivity index (χ1v) is 8.76. The molecule has 1 aromatic carbocycles. The van der Waals surface area contributed by atoms with Gasteiger partial charge in [-0.3, -0.25) is 4.98 Å². The van der Waals surface area contributed by atoms with E-state index in [1.165, 1.54) is 10.6 Å². The highest BCUT2D eigenvalue weighted by Gasteiger charge is 2.20. The average Bonchev–Trinajstić information content (AvgIpc) is 3.17. The van der Waals surface area contributed by atoms with Crippen LogP contribution in [0, 0.1) is 0 Å². The molecule has 3 nitrogen and oxygen atoms in total. The van der Waals surface area contributed by atoms with Crippen LogP contribution in [-0.2, 0) is 6.54 Å². The van der Waals surface area contributed by atoms with E-state index in [1.807, 2.05) is 36.3 Å². The van der Waals surface area contributed by atoms with Crippen molar-refractivity contribution >= 4 is 17.8 Å². The topological polar surface area (TPSA) is 30.7 Å². The van der Waals surface area contributed by atoms with E-state index in [1.54, 1.807) is 0 Å². The highest BCUT2D eigenvalue weighted by molar-refractivity contribution is 7.99. The predicted molar refractivity (Wildman–Crippen MR) is 96.3 cm³/mol. The van der Waals surface area contributed by atoms with Gasteiger partial charge in [0.2, 0.25) is 0 Å². The van der Waals surface area contributed by atoms with Crippen molar-refractivity contribution in [1.82, 2.24) is 14.5 Å². The van der Waals surface area contributed by atoms with Crippen molar-refractivity contribution in [3.63, 3.8) is 0 Å². The van der Waals surface area contributed by atoms with Crippen LogP contribution in [0.1, 0.15) is 12.7 Å². The molecule has 0 fully saturated rings. The maximum atomic E-state index is 4.86. The highest BCUT2D eigenvalue weighted by Crippen LogP contribution is 2.35. The van der Waals surface area contributed by atoms with Gasteiger partial charge < -0.3 is 4.57 Å². The van der Waals surface area contributed by atoms with E-state index in [0.717, 1.165) is 34.9 Å². The predicted octanol–water partition coefficient (Wildman–Crippen LogP) is 4.75. The van der Waals surface area contributed by atoms with Crippen molar-refractivity contribution in [3.8, 4) is 22.5 Å². The summed E-state index contributed by atoms with van der Waals surface area (Å²) in [6, 6.07) is 12.8. The number of hydrogen-bond donors (Lipinski definition) is 0. The van der Waals surface area contributed by atoms with Crippen LogP contribution in [0.2, 0.25) is 0 Å². The van der Waals surface area contributed by atoms with Gasteiger partial charge in [0.25, 0.3) is 0 Å². The van der Waals surface area contributed by atoms with Gasteiger partial charge in [0.1, 0.15) is 5.82 Å². The maximum Gasteiger partial charge on any atom is 0.133 e. The van der Waals surface area contributed by atoms with Crippen LogP contribution in [0.15, 0.2) is 59.8 Å². The van der Waals surface area contributed by atoms with E-state index in [-0.39, 0.29) is 0 Å². The summed E-state index contributed by atoms with van der Waals surface area (Å²) in [5, 5.41) is 0. The fraction of sp³-hybridized carbons (Fsp3) is 0.158. The molecule has 3 aromatic rings. The molecule has 2 aromatic heterocycles. The molecule has 0 unspecified atom stereocenters. The molecule has 0 aliphatic carbocycles. The number of rotatable bonds is 4. The van der Waals surface area contributed by atoms with Crippen LogP contribution >= 0.6 is 11.8 Å². The van der Waals surface area contributed by atoms with E-state index in [2.05, 4.69) is 52.9 Å². The molecule has 1 aliphatic rings. The Morgan fingerprint density at radius 1 is 1.04 bits per heavy atom. The largest absolute Gasteiger partial charge is 0.320 e. The molecule has 1 aliphatic heterocycles. The summed E-state index contributed by atoms with van der Waals surface area (Å²) in [7, 11) is 0. The summed E-state index contributed by atoms with van der Waals surface area (Å²) in [5.41, 5.74) is 4.53. The van der Waals surface area contributed by atoms with Crippen LogP contribution in [0.5, 0.6) is 0 Å². The van der Waals surface area contributed by atoms with Gasteiger partial charge in [-0.25, -0.2) is 4.98 Å². The van der Waals surface area contributed by atoms with Crippen molar-refractivity contribution in [2.75, 3.05) is 5.75 Å². The van der Waals surface area contributed by atoms with Gasteiger partial charge in [-0.15, -0.1) is 11.8 Å². The van der Waals surface area contributed by atoms with Gasteiger partial charge in [-0.1, -0.05) is 25.1 Å². The Morgan fingerprint density at radius 2 is 1.83 bits per heavy atom. The molecule has 4 rings (SSSR count). The molecule has 0 bridgehead atoms. The van der Waals surface area contributed by atoms with Crippen molar-refractivity contribution in [3.05, 3.63) is 60.7 Å². The number of nitrogens with zero attached hydrogens (tertiary/aromatic N) is 3. The third-order valence-electron chi connectivity index (χ3n) is 3.94. The quantitative estimate of drug-likeness (QED) is 0.650. The van der Waals surface area contributed by atoms with E-state index in [0.29, 0.717) is 0 Å². The molecule has 0 saturated carbocycles. The highest BCUT2D eigenvalue weighted by atomic mass is 32.2. The summed E-state index contributed by atoms with van der Waals surface area (Å²) >= 11 is 1.86. The van der Waals surface area contributed by atoms with Crippen molar-refractivity contribution in [2.24, 2.45) is 0 Å². The normalized spacial score (nSPS) is 12.6. The average molecular weight is 319 g/mol. The lowest BCUT2D eigenvalue weighted by Gasteiger charge is -2.08. The lowest BCUT2D eigenvalue weighted by molar-refractivity contribution is 0.845. The lowest BCUT2D eigenvalue weighted by atomic mass is 10.1. The zero-order valence-corrected chi connectivity index (χ0v) is 13.8. The second kappa shape index (κ2) is 6.05. The number of hydrogen-bond acceptors (Lipinski definition) is 3. The standard InChI is InChI=1S/C19H17N3S/c1-2-23-16-7-5-14(6-8-16)18-19(15-9-11-20-12-10-15)22-13-3-4-17(22)21-18/h3-12H,2,13H2,1H3. The lowest BCUT2D eigenvalue weighted by Crippen LogP contribution is -1.96. The Bertz CT molecular complexity index is 848. The van der Waals surface area contributed by atoms with Crippen LogP contribution in [0.3, 0.4) is 0 Å². The van der Waals surface area contributed by atoms with Crippen molar-refractivity contribution in [2.45, 2.75) is 18.4 Å². The fourth-order valence-corrected chi connectivity index (χ4v) is 3.59. The van der Waals surface area contributed by atoms with Gasteiger partial charge >= 0.3 is 0 Å². The molecular weight excluding hydrogens is 302 g/mol. The van der Waals surface area contributed by atoms with Crippen molar-refractivity contribution < 1.29 is 0 Å². The molecule has 0 amide bonds. The van der Waals surface area contributed by atoms with Crippen LogP contribution in [0.25, 0.3) is 28.6 Å². The first kappa shape index (κ1) is 14.3. The molecule has 3 heterocycles. The molecule has 0 N–H and O–H groups in total. The SMILES string of the molecule is CCSc1ccc(-c2nc3n(c2-c2ccncc2)CC=C3)cc1. The monoisotopic (exact) mass is 319 g/mol. The molecule has 0 radical (unpaired) electrons. The first-order chi connectivity index (χ1) is 11.4. The number of fused-ring (bicyclic) bond motifs is 1. The van der Waals surface area contributed by atoms with Gasteiger partial charge in [0.15, 0.2) is 0 Å². The summed E-state index contributed by atoms with van der Waals surface area (Å²) < 4.78 is 2.26. The Labute approximate surface area is 140 Å². The van der Waals surface area contributed by atoms with Gasteiger partial charge in [-0.2, -0.15) is 0 Å². The smallest absolute Gasteiger partial charge is 0.133 e. The van der Waals surface area contributed by atoms with E-state index >= 15 is 0 Å². The minimum atomic E-state index is 0.879. The summed E-state index contributed by atoms with van der Waals surface area (Å²) in [5.74, 6) is 2.12.